The van der Waals surface area contributed by atoms with Crippen LogP contribution in [0.15, 0.2) is 66.7 Å². The molecule has 0 saturated carbocycles. The van der Waals surface area contributed by atoms with E-state index in [4.69, 9.17) is 48.0 Å². The highest BCUT2D eigenvalue weighted by molar-refractivity contribution is 5.91. The maximum atomic E-state index is 12.7. The number of carbonyl (C=O) groups excluding carboxylic acids is 2. The van der Waals surface area contributed by atoms with Crippen molar-refractivity contribution in [3.8, 4) is 23.0 Å². The average Bonchev–Trinajstić information content (AvgIpc) is 4.07. The molecule has 3 aromatic rings. The van der Waals surface area contributed by atoms with Gasteiger partial charge in [0.05, 0.1) is 45.2 Å². The Balaban J connectivity index is 0.897. The standard InChI is InChI=1S/C39H48O12/c1-29-24-34(50-38(40)31-12-16-33(17-13-31)43-21-6-2-3-8-22-44-39(41)37-28-46-37)18-19-36(29)51-49-25-30-10-14-32(15-11-30)42-20-7-4-5-9-23-47-48-27-35-26-45-35/h10-19,24,35,37H,2-9,20-23,25-28H2,1H3. The first-order valence-electron chi connectivity index (χ1n) is 17.7. The van der Waals surface area contributed by atoms with Crippen molar-refractivity contribution < 1.29 is 57.6 Å². The van der Waals surface area contributed by atoms with Gasteiger partial charge in [-0.05, 0) is 118 Å². The van der Waals surface area contributed by atoms with E-state index in [9.17, 15) is 9.59 Å². The molecule has 3 aromatic carbocycles. The molecule has 276 valence electrons. The Hall–Kier alpha value is -4.20. The second-order valence-corrected chi connectivity index (χ2v) is 12.4. The minimum Gasteiger partial charge on any atom is -0.494 e. The van der Waals surface area contributed by atoms with Crippen molar-refractivity contribution in [2.75, 3.05) is 46.2 Å². The highest BCUT2D eigenvalue weighted by Gasteiger charge is 2.32. The summed E-state index contributed by atoms with van der Waals surface area (Å²) < 4.78 is 32.3. The molecule has 12 heteroatoms. The van der Waals surface area contributed by atoms with E-state index >= 15 is 0 Å². The molecule has 0 radical (unpaired) electrons. The van der Waals surface area contributed by atoms with Gasteiger partial charge in [-0.15, -0.1) is 0 Å². The number of aryl methyl sites for hydroxylation is 1. The van der Waals surface area contributed by atoms with Gasteiger partial charge in [-0.1, -0.05) is 18.6 Å². The summed E-state index contributed by atoms with van der Waals surface area (Å²) in [6.45, 7) is 6.10. The highest BCUT2D eigenvalue weighted by atomic mass is 17.2. The number of benzene rings is 3. The summed E-state index contributed by atoms with van der Waals surface area (Å²) in [7, 11) is 0. The summed E-state index contributed by atoms with van der Waals surface area (Å²) in [5, 5.41) is 0. The lowest BCUT2D eigenvalue weighted by Gasteiger charge is -2.11. The summed E-state index contributed by atoms with van der Waals surface area (Å²) in [6, 6.07) is 19.7. The van der Waals surface area contributed by atoms with E-state index in [0.29, 0.717) is 62.5 Å². The molecule has 2 fully saturated rings. The molecule has 0 aliphatic carbocycles. The van der Waals surface area contributed by atoms with Crippen LogP contribution < -0.4 is 19.1 Å². The number of epoxide rings is 2. The van der Waals surface area contributed by atoms with Crippen LogP contribution >= 0.6 is 0 Å². The molecular weight excluding hydrogens is 660 g/mol. The molecule has 12 nitrogen and oxygen atoms in total. The van der Waals surface area contributed by atoms with Gasteiger partial charge in [-0.2, -0.15) is 4.89 Å². The lowest BCUT2D eigenvalue weighted by molar-refractivity contribution is -0.296. The topological polar surface area (TPSA) is 133 Å². The predicted octanol–water partition coefficient (Wildman–Crippen LogP) is 6.89. The first kappa shape index (κ1) is 38.0. The summed E-state index contributed by atoms with van der Waals surface area (Å²) in [4.78, 5) is 45.3. The van der Waals surface area contributed by atoms with Crippen molar-refractivity contribution in [1.82, 2.24) is 0 Å². The van der Waals surface area contributed by atoms with E-state index in [-0.39, 0.29) is 24.8 Å². The van der Waals surface area contributed by atoms with Crippen LogP contribution in [0.4, 0.5) is 0 Å². The van der Waals surface area contributed by atoms with Crippen molar-refractivity contribution in [2.24, 2.45) is 0 Å². The lowest BCUT2D eigenvalue weighted by Crippen LogP contribution is -2.12. The molecule has 2 saturated heterocycles. The Labute approximate surface area is 299 Å². The molecule has 2 heterocycles. The van der Waals surface area contributed by atoms with E-state index in [2.05, 4.69) is 0 Å². The normalized spacial score (nSPS) is 15.9. The summed E-state index contributed by atoms with van der Waals surface area (Å²) in [5.74, 6) is 1.67. The minimum absolute atomic E-state index is 0.222. The first-order valence-corrected chi connectivity index (χ1v) is 17.7. The third-order valence-electron chi connectivity index (χ3n) is 8.02. The average molecular weight is 709 g/mol. The van der Waals surface area contributed by atoms with Crippen LogP contribution in [-0.4, -0.2) is 70.4 Å². The van der Waals surface area contributed by atoms with Gasteiger partial charge in [0.1, 0.15) is 36.6 Å². The summed E-state index contributed by atoms with van der Waals surface area (Å²) in [6.07, 6.45) is 7.54. The highest BCUT2D eigenvalue weighted by Crippen LogP contribution is 2.25. The fourth-order valence-corrected chi connectivity index (χ4v) is 4.83. The van der Waals surface area contributed by atoms with Crippen LogP contribution in [0, 0.1) is 6.92 Å². The van der Waals surface area contributed by atoms with Crippen molar-refractivity contribution in [3.05, 3.63) is 83.4 Å². The van der Waals surface area contributed by atoms with E-state index in [1.807, 2.05) is 31.2 Å². The van der Waals surface area contributed by atoms with Crippen LogP contribution in [0.2, 0.25) is 0 Å². The third-order valence-corrected chi connectivity index (χ3v) is 8.02. The van der Waals surface area contributed by atoms with Gasteiger partial charge in [0.15, 0.2) is 11.9 Å². The monoisotopic (exact) mass is 708 g/mol. The zero-order chi connectivity index (χ0) is 35.5. The van der Waals surface area contributed by atoms with E-state index in [1.54, 1.807) is 42.5 Å². The van der Waals surface area contributed by atoms with Crippen LogP contribution in [0.5, 0.6) is 23.0 Å². The van der Waals surface area contributed by atoms with Crippen LogP contribution in [0.1, 0.15) is 72.9 Å². The Bertz CT molecular complexity index is 1470. The molecule has 0 amide bonds. The Morgan fingerprint density at radius 1 is 0.667 bits per heavy atom. The van der Waals surface area contributed by atoms with Crippen molar-refractivity contribution in [1.29, 1.82) is 0 Å². The predicted molar refractivity (Wildman–Crippen MR) is 185 cm³/mol. The fraction of sp³-hybridized carbons (Fsp3) is 0.487. The van der Waals surface area contributed by atoms with Crippen LogP contribution in [0.25, 0.3) is 0 Å². The maximum absolute atomic E-state index is 12.7. The summed E-state index contributed by atoms with van der Waals surface area (Å²) in [5.41, 5.74) is 2.11. The van der Waals surface area contributed by atoms with Crippen molar-refractivity contribution >= 4 is 11.9 Å². The van der Waals surface area contributed by atoms with Gasteiger partial charge >= 0.3 is 11.9 Å². The number of ether oxygens (including phenoxy) is 6. The zero-order valence-electron chi connectivity index (χ0n) is 29.2. The Morgan fingerprint density at radius 3 is 1.90 bits per heavy atom. The smallest absolute Gasteiger partial charge is 0.343 e. The minimum atomic E-state index is -0.473. The molecule has 2 unspecified atom stereocenters. The Kier molecular flexibility index (Phi) is 15.8. The number of esters is 2. The molecule has 0 aromatic heterocycles. The first-order chi connectivity index (χ1) is 25.0. The zero-order valence-corrected chi connectivity index (χ0v) is 29.2. The number of unbranched alkanes of at least 4 members (excludes halogenated alkanes) is 6. The molecule has 0 spiro atoms. The maximum Gasteiger partial charge on any atom is 0.343 e. The van der Waals surface area contributed by atoms with Gasteiger partial charge in [0.2, 0.25) is 0 Å². The number of hydrogen-bond donors (Lipinski definition) is 0. The second kappa shape index (κ2) is 21.2. The number of carbonyl (C=O) groups is 2. The molecule has 51 heavy (non-hydrogen) atoms. The van der Waals surface area contributed by atoms with Gasteiger partial charge in [-0.3, -0.25) is 0 Å². The molecular formula is C39H48O12. The van der Waals surface area contributed by atoms with Crippen LogP contribution in [0.3, 0.4) is 0 Å². The molecule has 5 rings (SSSR count). The SMILES string of the molecule is Cc1cc(OC(=O)c2ccc(OCCCCCCOC(=O)C3CO3)cc2)ccc1OOCc1ccc(OCCCCCCOOCC2CO2)cc1. The van der Waals surface area contributed by atoms with Gasteiger partial charge in [0.25, 0.3) is 0 Å². The Morgan fingerprint density at radius 2 is 1.27 bits per heavy atom. The van der Waals surface area contributed by atoms with Gasteiger partial charge in [-0.25, -0.2) is 19.4 Å². The lowest BCUT2D eigenvalue weighted by atomic mass is 10.2. The molecule has 2 aliphatic rings. The van der Waals surface area contributed by atoms with Gasteiger partial charge in [0, 0.05) is 0 Å². The van der Waals surface area contributed by atoms with Crippen molar-refractivity contribution in [2.45, 2.75) is 77.1 Å². The largest absolute Gasteiger partial charge is 0.494 e. The number of rotatable bonds is 26. The van der Waals surface area contributed by atoms with Crippen molar-refractivity contribution in [3.63, 3.8) is 0 Å². The molecule has 2 atom stereocenters. The van der Waals surface area contributed by atoms with Crippen LogP contribution in [-0.2, 0) is 40.3 Å². The fourth-order valence-electron chi connectivity index (χ4n) is 4.83. The second-order valence-electron chi connectivity index (χ2n) is 12.4. The van der Waals surface area contributed by atoms with Gasteiger partial charge < -0.3 is 33.3 Å². The molecule has 2 aliphatic heterocycles. The summed E-state index contributed by atoms with van der Waals surface area (Å²) >= 11 is 0. The molecule has 0 N–H and O–H groups in total. The van der Waals surface area contributed by atoms with E-state index in [1.165, 1.54) is 0 Å². The van der Waals surface area contributed by atoms with E-state index in [0.717, 1.165) is 74.8 Å². The molecule has 0 bridgehead atoms. The number of hydrogen-bond acceptors (Lipinski definition) is 12. The third kappa shape index (κ3) is 14.9. The quantitative estimate of drug-likeness (QED) is 0.0215. The van der Waals surface area contributed by atoms with E-state index < -0.39 is 5.97 Å².